The Hall–Kier alpha value is -1.65. The highest BCUT2D eigenvalue weighted by Gasteiger charge is 2.06. The molecule has 1 aromatic carbocycles. The maximum Gasteiger partial charge on any atom is 0.141 e. The first-order chi connectivity index (χ1) is 9.13. The van der Waals surface area contributed by atoms with Gasteiger partial charge < -0.3 is 4.52 Å². The average Bonchev–Trinajstić information content (AvgIpc) is 2.91. The molecule has 0 saturated carbocycles. The third-order valence-electron chi connectivity index (χ3n) is 2.85. The van der Waals surface area contributed by atoms with Crippen molar-refractivity contribution in [3.8, 4) is 0 Å². The van der Waals surface area contributed by atoms with E-state index in [1.165, 1.54) is 0 Å². The summed E-state index contributed by atoms with van der Waals surface area (Å²) in [5, 5.41) is 5.57. The summed E-state index contributed by atoms with van der Waals surface area (Å²) in [4.78, 5) is 4.53. The number of halogens is 1. The minimum atomic E-state index is 0.707. The van der Waals surface area contributed by atoms with Crippen LogP contribution in [-0.2, 0) is 0 Å². The smallest absolute Gasteiger partial charge is 0.141 e. The summed E-state index contributed by atoms with van der Waals surface area (Å²) in [6.45, 7) is 3.83. The van der Waals surface area contributed by atoms with Crippen molar-refractivity contribution in [2.24, 2.45) is 0 Å². The Balaban J connectivity index is 1.97. The SMILES string of the molecule is Cc1noc(C)c1/C=C/c1nc2cc(Cl)ccc2s1. The van der Waals surface area contributed by atoms with E-state index in [9.17, 15) is 0 Å². The molecule has 0 spiro atoms. The van der Waals surface area contributed by atoms with Crippen LogP contribution in [0.1, 0.15) is 22.0 Å². The van der Waals surface area contributed by atoms with E-state index >= 15 is 0 Å². The summed E-state index contributed by atoms with van der Waals surface area (Å²) >= 11 is 7.59. The second-order valence-corrected chi connectivity index (χ2v) is 5.73. The van der Waals surface area contributed by atoms with Gasteiger partial charge in [-0.3, -0.25) is 0 Å². The van der Waals surface area contributed by atoms with Crippen molar-refractivity contribution >= 4 is 45.3 Å². The van der Waals surface area contributed by atoms with Crippen molar-refractivity contribution in [3.63, 3.8) is 0 Å². The topological polar surface area (TPSA) is 38.9 Å². The van der Waals surface area contributed by atoms with Crippen LogP contribution in [0.25, 0.3) is 22.4 Å². The molecule has 96 valence electrons. The number of hydrogen-bond acceptors (Lipinski definition) is 4. The van der Waals surface area contributed by atoms with Crippen molar-refractivity contribution < 1.29 is 4.52 Å². The summed E-state index contributed by atoms with van der Waals surface area (Å²) in [7, 11) is 0. The Morgan fingerprint density at radius 1 is 1.26 bits per heavy atom. The van der Waals surface area contributed by atoms with Gasteiger partial charge in [0.2, 0.25) is 0 Å². The summed E-state index contributed by atoms with van der Waals surface area (Å²) in [6, 6.07) is 5.74. The summed E-state index contributed by atoms with van der Waals surface area (Å²) in [5.41, 5.74) is 2.83. The van der Waals surface area contributed by atoms with Gasteiger partial charge in [0.05, 0.1) is 15.9 Å². The van der Waals surface area contributed by atoms with Crippen LogP contribution in [0, 0.1) is 13.8 Å². The highest BCUT2D eigenvalue weighted by molar-refractivity contribution is 7.19. The van der Waals surface area contributed by atoms with Crippen LogP contribution < -0.4 is 0 Å². The lowest BCUT2D eigenvalue weighted by Crippen LogP contribution is -1.76. The Morgan fingerprint density at radius 3 is 2.84 bits per heavy atom. The molecule has 0 bridgehead atoms. The van der Waals surface area contributed by atoms with Gasteiger partial charge in [-0.05, 0) is 44.2 Å². The van der Waals surface area contributed by atoms with Crippen molar-refractivity contribution in [1.82, 2.24) is 10.1 Å². The zero-order valence-corrected chi connectivity index (χ0v) is 12.0. The zero-order valence-electron chi connectivity index (χ0n) is 10.5. The molecule has 3 aromatic rings. The fourth-order valence-electron chi connectivity index (χ4n) is 1.87. The maximum atomic E-state index is 5.95. The Labute approximate surface area is 119 Å². The molecule has 0 aliphatic carbocycles. The van der Waals surface area contributed by atoms with E-state index in [-0.39, 0.29) is 0 Å². The predicted octanol–water partition coefficient (Wildman–Crippen LogP) is 4.72. The molecule has 0 saturated heterocycles. The van der Waals surface area contributed by atoms with Crippen LogP contribution in [0.5, 0.6) is 0 Å². The van der Waals surface area contributed by atoms with Gasteiger partial charge in [0, 0.05) is 10.6 Å². The van der Waals surface area contributed by atoms with Gasteiger partial charge >= 0.3 is 0 Å². The number of benzene rings is 1. The predicted molar refractivity (Wildman–Crippen MR) is 79.5 cm³/mol. The standard InChI is InChI=1S/C14H11ClN2OS/c1-8-11(9(2)18-17-8)4-6-14-16-12-7-10(15)3-5-13(12)19-14/h3-7H,1-2H3/b6-4+. The lowest BCUT2D eigenvalue weighted by molar-refractivity contribution is 0.393. The number of thiazole rings is 1. The molecular formula is C14H11ClN2OS. The minimum Gasteiger partial charge on any atom is -0.361 e. The maximum absolute atomic E-state index is 5.95. The number of aromatic nitrogens is 2. The molecule has 0 unspecified atom stereocenters. The quantitative estimate of drug-likeness (QED) is 0.685. The molecule has 0 fully saturated rings. The van der Waals surface area contributed by atoms with Gasteiger partial charge in [0.25, 0.3) is 0 Å². The van der Waals surface area contributed by atoms with Crippen molar-refractivity contribution in [1.29, 1.82) is 0 Å². The second-order valence-electron chi connectivity index (χ2n) is 4.24. The fourth-order valence-corrected chi connectivity index (χ4v) is 2.89. The van der Waals surface area contributed by atoms with E-state index in [1.807, 2.05) is 44.2 Å². The molecular weight excluding hydrogens is 280 g/mol. The largest absolute Gasteiger partial charge is 0.361 e. The van der Waals surface area contributed by atoms with Gasteiger partial charge in [-0.25, -0.2) is 4.98 Å². The number of nitrogens with zero attached hydrogens (tertiary/aromatic N) is 2. The van der Waals surface area contributed by atoms with Gasteiger partial charge in [-0.2, -0.15) is 0 Å². The summed E-state index contributed by atoms with van der Waals surface area (Å²) in [6.07, 6.45) is 3.96. The summed E-state index contributed by atoms with van der Waals surface area (Å²) in [5.74, 6) is 0.818. The van der Waals surface area contributed by atoms with E-state index < -0.39 is 0 Å². The molecule has 3 nitrogen and oxygen atoms in total. The Morgan fingerprint density at radius 2 is 2.11 bits per heavy atom. The number of rotatable bonds is 2. The van der Waals surface area contributed by atoms with Gasteiger partial charge in [0.1, 0.15) is 10.8 Å². The minimum absolute atomic E-state index is 0.707. The van der Waals surface area contributed by atoms with Crippen molar-refractivity contribution in [2.45, 2.75) is 13.8 Å². The van der Waals surface area contributed by atoms with Crippen LogP contribution in [-0.4, -0.2) is 10.1 Å². The molecule has 0 N–H and O–H groups in total. The van der Waals surface area contributed by atoms with Crippen LogP contribution >= 0.6 is 22.9 Å². The molecule has 3 rings (SSSR count). The van der Waals surface area contributed by atoms with Crippen LogP contribution in [0.15, 0.2) is 22.7 Å². The van der Waals surface area contributed by atoms with Gasteiger partial charge in [-0.15, -0.1) is 11.3 Å². The molecule has 5 heteroatoms. The molecule has 0 radical (unpaired) electrons. The van der Waals surface area contributed by atoms with E-state index in [0.717, 1.165) is 32.2 Å². The average molecular weight is 291 g/mol. The second kappa shape index (κ2) is 4.79. The molecule has 0 aliphatic heterocycles. The molecule has 0 atom stereocenters. The van der Waals surface area contributed by atoms with Gasteiger partial charge in [-0.1, -0.05) is 16.8 Å². The molecule has 2 heterocycles. The molecule has 0 aliphatic rings. The number of hydrogen-bond donors (Lipinski definition) is 0. The number of aryl methyl sites for hydroxylation is 2. The molecule has 0 amide bonds. The van der Waals surface area contributed by atoms with Crippen LogP contribution in [0.3, 0.4) is 0 Å². The highest BCUT2D eigenvalue weighted by Crippen LogP contribution is 2.26. The third kappa shape index (κ3) is 2.41. The first-order valence-corrected chi connectivity index (χ1v) is 7.00. The van der Waals surface area contributed by atoms with Crippen LogP contribution in [0.2, 0.25) is 5.02 Å². The first-order valence-electron chi connectivity index (χ1n) is 5.80. The van der Waals surface area contributed by atoms with E-state index in [2.05, 4.69) is 10.1 Å². The number of fused-ring (bicyclic) bond motifs is 1. The molecule has 2 aromatic heterocycles. The normalized spacial score (nSPS) is 11.7. The monoisotopic (exact) mass is 290 g/mol. The van der Waals surface area contributed by atoms with Crippen molar-refractivity contribution in [2.75, 3.05) is 0 Å². The van der Waals surface area contributed by atoms with E-state index in [0.29, 0.717) is 5.02 Å². The van der Waals surface area contributed by atoms with E-state index in [1.54, 1.807) is 11.3 Å². The summed E-state index contributed by atoms with van der Waals surface area (Å²) < 4.78 is 6.25. The fraction of sp³-hybridized carbons (Fsp3) is 0.143. The molecule has 19 heavy (non-hydrogen) atoms. The van der Waals surface area contributed by atoms with Crippen molar-refractivity contribution in [3.05, 3.63) is 45.2 Å². The van der Waals surface area contributed by atoms with Crippen LogP contribution in [0.4, 0.5) is 0 Å². The Kier molecular flexibility index (Phi) is 3.12. The van der Waals surface area contributed by atoms with E-state index in [4.69, 9.17) is 16.1 Å². The first kappa shape index (κ1) is 12.4. The zero-order chi connectivity index (χ0) is 13.4. The van der Waals surface area contributed by atoms with Gasteiger partial charge in [0.15, 0.2) is 0 Å². The Bertz CT molecular complexity index is 753. The third-order valence-corrected chi connectivity index (χ3v) is 4.08. The lowest BCUT2D eigenvalue weighted by atomic mass is 10.2. The lowest BCUT2D eigenvalue weighted by Gasteiger charge is -1.88. The highest BCUT2D eigenvalue weighted by atomic mass is 35.5.